The van der Waals surface area contributed by atoms with Crippen LogP contribution in [-0.4, -0.2) is 19.5 Å². The van der Waals surface area contributed by atoms with E-state index in [1.807, 2.05) is 67.0 Å². The van der Waals surface area contributed by atoms with Crippen LogP contribution in [-0.2, 0) is 25.5 Å². The molecule has 0 bridgehead atoms. The van der Waals surface area contributed by atoms with Crippen molar-refractivity contribution in [2.24, 2.45) is 0 Å². The first-order valence-corrected chi connectivity index (χ1v) is 42.8. The molecule has 127 heavy (non-hydrogen) atoms. The Kier molecular flexibility index (Phi) is 23.7. The van der Waals surface area contributed by atoms with E-state index in [1.165, 1.54) is 117 Å². The van der Waals surface area contributed by atoms with Crippen LogP contribution in [0.15, 0.2) is 516 Å². The molecule has 1 aliphatic rings. The smallest absolute Gasteiger partial charge is 0.0970 e. The van der Waals surface area contributed by atoms with E-state index in [9.17, 15) is 0 Å². The molecule has 18 aromatic carbocycles. The molecule has 0 saturated heterocycles. The molecule has 0 aliphatic heterocycles. The second-order valence-electron chi connectivity index (χ2n) is 31.2. The van der Waals surface area contributed by atoms with Crippen LogP contribution < -0.4 is 9.80 Å². The maximum atomic E-state index is 4.67. The number of pyridine rings is 3. The fraction of sp³-hybridized carbons (Fsp3) is 0.00833. The predicted molar refractivity (Wildman–Crippen MR) is 527 cm³/mol. The Morgan fingerprint density at radius 2 is 0.591 bits per heavy atom. The van der Waals surface area contributed by atoms with Crippen molar-refractivity contribution >= 4 is 77.7 Å². The summed E-state index contributed by atoms with van der Waals surface area (Å²) < 4.78 is 2.36. The fourth-order valence-corrected chi connectivity index (χ4v) is 17.9. The van der Waals surface area contributed by atoms with Gasteiger partial charge in [-0.2, -0.15) is 0 Å². The van der Waals surface area contributed by atoms with Crippen molar-refractivity contribution in [1.82, 2.24) is 19.5 Å². The van der Waals surface area contributed by atoms with E-state index in [4.69, 9.17) is 0 Å². The summed E-state index contributed by atoms with van der Waals surface area (Å²) in [5, 5.41) is 4.78. The number of para-hydroxylation sites is 4. The Morgan fingerprint density at radius 1 is 0.228 bits per heavy atom. The molecular formula is C120H85IrN6-. The van der Waals surface area contributed by atoms with Gasteiger partial charge in [-0.15, -0.1) is 35.9 Å². The first kappa shape index (κ1) is 80.7. The molecule has 7 heteroatoms. The third-order valence-corrected chi connectivity index (χ3v) is 23.8. The molecule has 605 valence electrons. The molecule has 6 nitrogen and oxygen atoms in total. The summed E-state index contributed by atoms with van der Waals surface area (Å²) in [7, 11) is 0. The maximum Gasteiger partial charge on any atom is 0.0970 e. The third-order valence-electron chi connectivity index (χ3n) is 23.8. The topological polar surface area (TPSA) is 50.1 Å². The molecule has 0 atom stereocenters. The number of anilines is 6. The van der Waals surface area contributed by atoms with Crippen LogP contribution in [0, 0.1) is 6.07 Å². The number of hydrogen-bond donors (Lipinski definition) is 0. The van der Waals surface area contributed by atoms with Crippen LogP contribution in [0.2, 0.25) is 0 Å². The maximum absolute atomic E-state index is 4.67. The van der Waals surface area contributed by atoms with E-state index in [-0.39, 0.29) is 20.1 Å². The van der Waals surface area contributed by atoms with Gasteiger partial charge in [-0.1, -0.05) is 352 Å². The quantitative estimate of drug-likeness (QED) is 0.0756. The number of fused-ring (bicyclic) bond motifs is 9. The Balaban J connectivity index is 0.000000119. The molecule has 4 aromatic heterocycles. The molecule has 22 aromatic rings. The molecule has 0 N–H and O–H groups in total. The van der Waals surface area contributed by atoms with Gasteiger partial charge in [-0.3, -0.25) is 9.97 Å². The zero-order chi connectivity index (χ0) is 84.2. The summed E-state index contributed by atoms with van der Waals surface area (Å²) in [5.74, 6) is 0. The molecule has 1 aliphatic carbocycles. The summed E-state index contributed by atoms with van der Waals surface area (Å²) in [6, 6.07) is 179. The molecular weight excluding hydrogens is 1720 g/mol. The molecule has 4 heterocycles. The van der Waals surface area contributed by atoms with Crippen molar-refractivity contribution in [3.63, 3.8) is 0 Å². The molecule has 1 radical (unpaired) electrons. The van der Waals surface area contributed by atoms with Gasteiger partial charge >= 0.3 is 0 Å². The van der Waals surface area contributed by atoms with Gasteiger partial charge in [-0.05, 0) is 216 Å². The van der Waals surface area contributed by atoms with E-state index in [1.54, 1.807) is 6.20 Å². The van der Waals surface area contributed by atoms with Gasteiger partial charge < -0.3 is 19.4 Å². The molecule has 0 unspecified atom stereocenters. The van der Waals surface area contributed by atoms with Crippen molar-refractivity contribution < 1.29 is 20.1 Å². The SMILES string of the molecule is [Ir].[c-]1ccccc1-c1ccccn1.c1ccc(-c2ccc(N(c3ccccc3)c3ccc(-c4ccc5c(c4)c4ccccc4n5-c4ccccc4)cc3)cc2)cc1.c1ccc(-c2ccc(N(c3ccccc3)c3ccc(C4(c5ccccc5)c5ccccc5-c5ccccc54)cc3)cc2)cc1.c1ccc(-c2ccnc3c2ccc2c(-c4ccccc4)ccnc23)cc1. The average Bonchev–Trinajstić information content (AvgIpc) is 1.54. The average molecular weight is 1800 g/mol. The minimum Gasteiger partial charge on any atom is -0.311 e. The van der Waals surface area contributed by atoms with Gasteiger partial charge in [0.1, 0.15) is 0 Å². The summed E-state index contributed by atoms with van der Waals surface area (Å²) in [4.78, 5) is 18.2. The van der Waals surface area contributed by atoms with Gasteiger partial charge in [0.25, 0.3) is 0 Å². The van der Waals surface area contributed by atoms with Crippen molar-refractivity contribution in [1.29, 1.82) is 0 Å². The Hall–Kier alpha value is -16.0. The van der Waals surface area contributed by atoms with Crippen molar-refractivity contribution in [2.45, 2.75) is 5.41 Å². The third kappa shape index (κ3) is 16.5. The Labute approximate surface area is 755 Å². The van der Waals surface area contributed by atoms with Gasteiger partial charge in [0.2, 0.25) is 0 Å². The van der Waals surface area contributed by atoms with Gasteiger partial charge in [0, 0.05) is 100 Å². The van der Waals surface area contributed by atoms with E-state index in [0.717, 1.165) is 67.2 Å². The first-order chi connectivity index (χ1) is 62.6. The predicted octanol–water partition coefficient (Wildman–Crippen LogP) is 31.4. The van der Waals surface area contributed by atoms with Crippen molar-refractivity contribution in [2.75, 3.05) is 9.80 Å². The second-order valence-corrected chi connectivity index (χ2v) is 31.2. The fourth-order valence-electron chi connectivity index (χ4n) is 17.9. The van der Waals surface area contributed by atoms with Gasteiger partial charge in [0.15, 0.2) is 0 Å². The van der Waals surface area contributed by atoms with Crippen LogP contribution in [0.5, 0.6) is 0 Å². The monoisotopic (exact) mass is 1800 g/mol. The van der Waals surface area contributed by atoms with E-state index in [2.05, 4.69) is 478 Å². The Bertz CT molecular complexity index is 7240. The standard InChI is InChI=1S/C43H31N.C42H30N2.C24H16N2.C11H8N.Ir/c1-4-14-32(15-5-1)33-24-28-37(29-25-33)44(36-18-8-3-9-19-36)38-30-26-35(27-31-38)43(34-16-6-2-7-17-34)41-22-12-10-20-39(41)40-21-11-13-23-42(40)43;1-4-12-31(13-5-1)32-20-25-37(26-21-32)43(35-14-6-2-7-15-35)38-27-22-33(23-28-38)34-24-29-42-40(30-34)39-18-10-11-19-41(39)44(42)36-16-8-3-9-17-36;1-3-7-17(8-4-1)19-13-15-25-23-21(19)11-12-22-20(14-16-26-24(22)23)18-9-5-2-6-10-18;1-2-6-10(7-3-1)11-8-4-5-9-12-11;/h1-31H;1-30H;1-16H;1-6,8-9H;/q;;;-1;. The van der Waals surface area contributed by atoms with Crippen LogP contribution in [0.25, 0.3) is 127 Å². The summed E-state index contributed by atoms with van der Waals surface area (Å²) >= 11 is 0. The Morgan fingerprint density at radius 3 is 1.06 bits per heavy atom. The number of aromatic nitrogens is 4. The number of benzene rings is 18. The largest absolute Gasteiger partial charge is 0.311 e. The van der Waals surface area contributed by atoms with Gasteiger partial charge in [0.05, 0.1) is 27.5 Å². The van der Waals surface area contributed by atoms with Crippen molar-refractivity contribution in [3.05, 3.63) is 544 Å². The summed E-state index contributed by atoms with van der Waals surface area (Å²) in [6.07, 6.45) is 5.54. The van der Waals surface area contributed by atoms with Crippen LogP contribution >= 0.6 is 0 Å². The zero-order valence-electron chi connectivity index (χ0n) is 69.6. The normalized spacial score (nSPS) is 11.5. The molecule has 0 amide bonds. The summed E-state index contributed by atoms with van der Waals surface area (Å²) in [5.41, 5.74) is 33.7. The van der Waals surface area contributed by atoms with Crippen LogP contribution in [0.3, 0.4) is 0 Å². The van der Waals surface area contributed by atoms with Crippen molar-refractivity contribution in [3.8, 4) is 83.7 Å². The molecule has 0 spiro atoms. The molecule has 0 fully saturated rings. The minimum atomic E-state index is -0.401. The molecule has 23 rings (SSSR count). The summed E-state index contributed by atoms with van der Waals surface area (Å²) in [6.45, 7) is 0. The number of nitrogens with zero attached hydrogens (tertiary/aromatic N) is 6. The van der Waals surface area contributed by atoms with E-state index in [0.29, 0.717) is 0 Å². The van der Waals surface area contributed by atoms with Gasteiger partial charge in [-0.25, -0.2) is 0 Å². The zero-order valence-corrected chi connectivity index (χ0v) is 72.0. The number of rotatable bonds is 15. The van der Waals surface area contributed by atoms with E-state index >= 15 is 0 Å². The van der Waals surface area contributed by atoms with Crippen LogP contribution in [0.4, 0.5) is 34.1 Å². The van der Waals surface area contributed by atoms with E-state index < -0.39 is 5.41 Å². The number of hydrogen-bond acceptors (Lipinski definition) is 5. The minimum absolute atomic E-state index is 0. The van der Waals surface area contributed by atoms with Crippen LogP contribution in [0.1, 0.15) is 22.3 Å². The molecule has 0 saturated carbocycles. The second kappa shape index (κ2) is 37.4. The first-order valence-electron chi connectivity index (χ1n) is 42.8.